The fourth-order valence-corrected chi connectivity index (χ4v) is 3.04. The highest BCUT2D eigenvalue weighted by Gasteiger charge is 2.40. The van der Waals surface area contributed by atoms with E-state index >= 15 is 0 Å². The van der Waals surface area contributed by atoms with Gasteiger partial charge in [-0.1, -0.05) is 29.8 Å². The maximum absolute atomic E-state index is 13.7. The van der Waals surface area contributed by atoms with Crippen molar-refractivity contribution < 1.29 is 14.0 Å². The smallest absolute Gasteiger partial charge is 0.295 e. The second-order valence-corrected chi connectivity index (χ2v) is 5.95. The molecular weight excluding hydrogens is 303 g/mol. The van der Waals surface area contributed by atoms with Crippen molar-refractivity contribution in [3.05, 3.63) is 59.9 Å². The minimum atomic E-state index is -0.828. The molecule has 4 nitrogen and oxygen atoms in total. The van der Waals surface area contributed by atoms with Crippen LogP contribution in [-0.2, 0) is 4.79 Å². The van der Waals surface area contributed by atoms with Crippen LogP contribution in [0.2, 0.25) is 0 Å². The average Bonchev–Trinajstić information content (AvgIpc) is 2.77. The lowest BCUT2D eigenvalue weighted by Crippen LogP contribution is -2.34. The van der Waals surface area contributed by atoms with Crippen LogP contribution in [0.5, 0.6) is 0 Å². The molecule has 3 rings (SSSR count). The molecule has 0 bridgehead atoms. The lowest BCUT2D eigenvalue weighted by molar-refractivity contribution is -0.116. The third-order valence-electron chi connectivity index (χ3n) is 3.30. The predicted octanol–water partition coefficient (Wildman–Crippen LogP) is 3.77. The van der Waals surface area contributed by atoms with E-state index in [2.05, 4.69) is 5.32 Å². The molecule has 1 atom stereocenters. The Kier molecular flexibility index (Phi) is 3.85. The number of para-hydroxylation sites is 1. The van der Waals surface area contributed by atoms with Crippen LogP contribution in [0.25, 0.3) is 0 Å². The highest BCUT2D eigenvalue weighted by atomic mass is 32.2. The van der Waals surface area contributed by atoms with Crippen LogP contribution in [0, 0.1) is 12.7 Å². The molecule has 0 spiro atoms. The van der Waals surface area contributed by atoms with E-state index in [1.54, 1.807) is 24.3 Å². The van der Waals surface area contributed by atoms with Crippen LogP contribution in [0.15, 0.2) is 48.5 Å². The molecule has 2 aromatic carbocycles. The second-order valence-electron chi connectivity index (χ2n) is 4.90. The summed E-state index contributed by atoms with van der Waals surface area (Å²) in [6.07, 6.45) is 0. The molecule has 1 saturated heterocycles. The third kappa shape index (κ3) is 2.69. The summed E-state index contributed by atoms with van der Waals surface area (Å²) in [7, 11) is 0. The first-order valence-corrected chi connectivity index (χ1v) is 7.56. The highest BCUT2D eigenvalue weighted by Crippen LogP contribution is 2.32. The zero-order valence-electron chi connectivity index (χ0n) is 11.7. The number of carbonyl (C=O) groups is 2. The van der Waals surface area contributed by atoms with Gasteiger partial charge in [0, 0.05) is 0 Å². The van der Waals surface area contributed by atoms with E-state index in [1.807, 2.05) is 19.1 Å². The third-order valence-corrected chi connectivity index (χ3v) is 4.24. The van der Waals surface area contributed by atoms with Gasteiger partial charge in [-0.25, -0.2) is 9.29 Å². The lowest BCUT2D eigenvalue weighted by atomic mass is 10.2. The SMILES string of the molecule is Cc1ccc(N2C(=O)S[C@@H](Nc3ccccc3F)C2=O)cc1. The molecule has 0 radical (unpaired) electrons. The number of halogens is 1. The molecule has 0 aliphatic carbocycles. The van der Waals surface area contributed by atoms with Gasteiger partial charge in [-0.2, -0.15) is 0 Å². The van der Waals surface area contributed by atoms with Gasteiger partial charge in [0.15, 0.2) is 5.37 Å². The highest BCUT2D eigenvalue weighted by molar-refractivity contribution is 8.16. The molecular formula is C16H13FN2O2S. The van der Waals surface area contributed by atoms with Crippen LogP contribution in [0.4, 0.5) is 20.6 Å². The maximum atomic E-state index is 13.7. The molecule has 0 saturated carbocycles. The van der Waals surface area contributed by atoms with Gasteiger partial charge in [-0.15, -0.1) is 0 Å². The summed E-state index contributed by atoms with van der Waals surface area (Å²) in [6, 6.07) is 13.2. The lowest BCUT2D eigenvalue weighted by Gasteiger charge is -2.15. The molecule has 0 aromatic heterocycles. The van der Waals surface area contributed by atoms with Crippen molar-refractivity contribution in [2.24, 2.45) is 0 Å². The van der Waals surface area contributed by atoms with E-state index in [4.69, 9.17) is 0 Å². The summed E-state index contributed by atoms with van der Waals surface area (Å²) in [4.78, 5) is 25.6. The van der Waals surface area contributed by atoms with Crippen molar-refractivity contribution in [3.8, 4) is 0 Å². The predicted molar refractivity (Wildman–Crippen MR) is 85.5 cm³/mol. The number of hydrogen-bond donors (Lipinski definition) is 1. The summed E-state index contributed by atoms with van der Waals surface area (Å²) in [5.41, 5.74) is 1.76. The van der Waals surface area contributed by atoms with E-state index in [1.165, 1.54) is 12.1 Å². The Hall–Kier alpha value is -2.34. The maximum Gasteiger partial charge on any atom is 0.295 e. The molecule has 2 aromatic rings. The number of carbonyl (C=O) groups excluding carboxylic acids is 2. The van der Waals surface area contributed by atoms with E-state index in [0.717, 1.165) is 22.2 Å². The van der Waals surface area contributed by atoms with E-state index in [-0.39, 0.29) is 10.9 Å². The normalized spacial score (nSPS) is 17.9. The number of hydrogen-bond acceptors (Lipinski definition) is 4. The average molecular weight is 316 g/mol. The molecule has 22 heavy (non-hydrogen) atoms. The van der Waals surface area contributed by atoms with E-state index < -0.39 is 17.1 Å². The van der Waals surface area contributed by atoms with Crippen LogP contribution in [-0.4, -0.2) is 16.5 Å². The fourth-order valence-electron chi connectivity index (χ4n) is 2.15. The van der Waals surface area contributed by atoms with Crippen molar-refractivity contribution in [1.82, 2.24) is 0 Å². The molecule has 0 unspecified atom stereocenters. The number of amides is 2. The molecule has 6 heteroatoms. The van der Waals surface area contributed by atoms with Gasteiger partial charge in [-0.05, 0) is 43.0 Å². The van der Waals surface area contributed by atoms with E-state index in [9.17, 15) is 14.0 Å². The number of nitrogens with zero attached hydrogens (tertiary/aromatic N) is 1. The summed E-state index contributed by atoms with van der Waals surface area (Å²) in [5.74, 6) is -0.862. The Labute approximate surface area is 131 Å². The van der Waals surface area contributed by atoms with Gasteiger partial charge in [0.1, 0.15) is 5.82 Å². The van der Waals surface area contributed by atoms with Crippen LogP contribution in [0.1, 0.15) is 5.56 Å². The van der Waals surface area contributed by atoms with Gasteiger partial charge in [0.05, 0.1) is 11.4 Å². The Morgan fingerprint density at radius 1 is 1.09 bits per heavy atom. The van der Waals surface area contributed by atoms with Gasteiger partial charge in [-0.3, -0.25) is 9.59 Å². The number of anilines is 2. The number of imide groups is 1. The topological polar surface area (TPSA) is 49.4 Å². The number of rotatable bonds is 3. The Balaban J connectivity index is 1.82. The van der Waals surface area contributed by atoms with Crippen molar-refractivity contribution >= 4 is 34.3 Å². The summed E-state index contributed by atoms with van der Waals surface area (Å²) < 4.78 is 13.7. The van der Waals surface area contributed by atoms with Crippen LogP contribution < -0.4 is 10.2 Å². The first-order chi connectivity index (χ1) is 10.6. The fraction of sp³-hybridized carbons (Fsp3) is 0.125. The Bertz CT molecular complexity index is 733. The minimum absolute atomic E-state index is 0.201. The number of benzene rings is 2. The monoisotopic (exact) mass is 316 g/mol. The summed E-state index contributed by atoms with van der Waals surface area (Å²) >= 11 is 0.844. The van der Waals surface area contributed by atoms with Crippen molar-refractivity contribution in [1.29, 1.82) is 0 Å². The zero-order chi connectivity index (χ0) is 15.7. The molecule has 2 amide bonds. The van der Waals surface area contributed by atoms with Crippen LogP contribution in [0.3, 0.4) is 0 Å². The first kappa shape index (κ1) is 14.6. The van der Waals surface area contributed by atoms with Gasteiger partial charge < -0.3 is 5.32 Å². The molecule has 1 N–H and O–H groups in total. The standard InChI is InChI=1S/C16H13FN2O2S/c1-10-6-8-11(9-7-10)19-15(20)14(22-16(19)21)18-13-5-3-2-4-12(13)17/h2-9,14,18H,1H3/t14-/m1/s1. The number of thioether (sulfide) groups is 1. The Morgan fingerprint density at radius 2 is 1.77 bits per heavy atom. The molecule has 1 fully saturated rings. The van der Waals surface area contributed by atoms with Crippen molar-refractivity contribution in [2.75, 3.05) is 10.2 Å². The molecule has 1 aliphatic heterocycles. The summed E-state index contributed by atoms with van der Waals surface area (Å²) in [5, 5.41) is 1.58. The summed E-state index contributed by atoms with van der Waals surface area (Å²) in [6.45, 7) is 1.93. The van der Waals surface area contributed by atoms with Crippen molar-refractivity contribution in [3.63, 3.8) is 0 Å². The van der Waals surface area contributed by atoms with Gasteiger partial charge >= 0.3 is 0 Å². The quantitative estimate of drug-likeness (QED) is 0.936. The van der Waals surface area contributed by atoms with Crippen LogP contribution >= 0.6 is 11.8 Å². The Morgan fingerprint density at radius 3 is 2.45 bits per heavy atom. The number of aryl methyl sites for hydroxylation is 1. The molecule has 1 heterocycles. The second kappa shape index (κ2) is 5.81. The van der Waals surface area contributed by atoms with E-state index in [0.29, 0.717) is 5.69 Å². The molecule has 1 aliphatic rings. The molecule has 112 valence electrons. The first-order valence-electron chi connectivity index (χ1n) is 6.68. The van der Waals surface area contributed by atoms with Gasteiger partial charge in [0.2, 0.25) is 0 Å². The number of nitrogens with one attached hydrogen (secondary N) is 1. The largest absolute Gasteiger partial charge is 0.363 e. The zero-order valence-corrected chi connectivity index (χ0v) is 12.6. The van der Waals surface area contributed by atoms with Gasteiger partial charge in [0.25, 0.3) is 11.1 Å². The minimum Gasteiger partial charge on any atom is -0.363 e. The van der Waals surface area contributed by atoms with Crippen molar-refractivity contribution in [2.45, 2.75) is 12.3 Å².